The number of esters is 1. The first-order valence-corrected chi connectivity index (χ1v) is 5.42. The highest BCUT2D eigenvalue weighted by molar-refractivity contribution is 5.97. The van der Waals surface area contributed by atoms with Crippen molar-refractivity contribution < 1.29 is 14.6 Å². The highest BCUT2D eigenvalue weighted by atomic mass is 16.5. The highest BCUT2D eigenvalue weighted by Crippen LogP contribution is 2.29. The third kappa shape index (κ3) is 2.08. The van der Waals surface area contributed by atoms with Crippen molar-refractivity contribution in [3.05, 3.63) is 41.7 Å². The van der Waals surface area contributed by atoms with E-state index < -0.39 is 5.97 Å². The molecule has 0 radical (unpaired) electrons. The minimum Gasteiger partial charge on any atom is -0.464 e. The van der Waals surface area contributed by atoms with Crippen LogP contribution in [0, 0.1) is 0 Å². The standard InChI is InChI=1S/C13H14N2O3/c1-18-13(17)12-10(4-5-15-12)9-3-2-8(7-16)6-11(9)14/h2-6,15-16H,7,14H2,1H3. The number of hydrogen-bond donors (Lipinski definition) is 3. The van der Waals surface area contributed by atoms with Crippen molar-refractivity contribution in [2.24, 2.45) is 0 Å². The maximum atomic E-state index is 11.6. The lowest BCUT2D eigenvalue weighted by molar-refractivity contribution is 0.0596. The number of H-pyrrole nitrogens is 1. The van der Waals surface area contributed by atoms with Gasteiger partial charge in [-0.3, -0.25) is 0 Å². The molecule has 0 aliphatic carbocycles. The summed E-state index contributed by atoms with van der Waals surface area (Å²) in [5.41, 5.74) is 8.93. The van der Waals surface area contributed by atoms with Crippen molar-refractivity contribution >= 4 is 11.7 Å². The minimum absolute atomic E-state index is 0.0680. The maximum absolute atomic E-state index is 11.6. The van der Waals surface area contributed by atoms with Crippen molar-refractivity contribution in [2.45, 2.75) is 6.61 Å². The molecular formula is C13H14N2O3. The van der Waals surface area contributed by atoms with Gasteiger partial charge in [0, 0.05) is 23.0 Å². The van der Waals surface area contributed by atoms with Gasteiger partial charge in [-0.1, -0.05) is 12.1 Å². The number of hydrogen-bond acceptors (Lipinski definition) is 4. The first kappa shape index (κ1) is 12.2. The Morgan fingerprint density at radius 2 is 2.17 bits per heavy atom. The number of aromatic amines is 1. The average Bonchev–Trinajstić information content (AvgIpc) is 2.86. The van der Waals surface area contributed by atoms with Crippen LogP contribution in [0.4, 0.5) is 5.69 Å². The number of benzene rings is 1. The highest BCUT2D eigenvalue weighted by Gasteiger charge is 2.16. The number of aromatic nitrogens is 1. The number of nitrogens with two attached hydrogens (primary N) is 1. The van der Waals surface area contributed by atoms with Gasteiger partial charge in [-0.25, -0.2) is 4.79 Å². The number of aliphatic hydroxyl groups is 1. The normalized spacial score (nSPS) is 10.3. The smallest absolute Gasteiger partial charge is 0.355 e. The quantitative estimate of drug-likeness (QED) is 0.566. The molecule has 0 unspecified atom stereocenters. The summed E-state index contributed by atoms with van der Waals surface area (Å²) in [5, 5.41) is 9.03. The lowest BCUT2D eigenvalue weighted by Gasteiger charge is -2.07. The van der Waals surface area contributed by atoms with Crippen LogP contribution >= 0.6 is 0 Å². The summed E-state index contributed by atoms with van der Waals surface area (Å²) in [6.07, 6.45) is 1.65. The Kier molecular flexibility index (Phi) is 3.34. The van der Waals surface area contributed by atoms with Gasteiger partial charge in [0.15, 0.2) is 0 Å². The molecule has 2 aromatic rings. The number of nitrogens with one attached hydrogen (secondary N) is 1. The molecule has 94 valence electrons. The molecule has 0 aliphatic heterocycles. The summed E-state index contributed by atoms with van der Waals surface area (Å²) in [5.74, 6) is -0.444. The summed E-state index contributed by atoms with van der Waals surface area (Å²) in [7, 11) is 1.32. The van der Waals surface area contributed by atoms with Gasteiger partial charge in [0.1, 0.15) is 5.69 Å². The molecular weight excluding hydrogens is 232 g/mol. The van der Waals surface area contributed by atoms with Crippen LogP contribution in [-0.2, 0) is 11.3 Å². The Balaban J connectivity index is 2.49. The molecule has 0 fully saturated rings. The molecule has 5 nitrogen and oxygen atoms in total. The molecule has 1 aromatic heterocycles. The van der Waals surface area contributed by atoms with Crippen LogP contribution in [0.3, 0.4) is 0 Å². The summed E-state index contributed by atoms with van der Waals surface area (Å²) < 4.78 is 4.69. The molecule has 5 heteroatoms. The number of carbonyl (C=O) groups excluding carboxylic acids is 1. The van der Waals surface area contributed by atoms with Crippen LogP contribution in [0.15, 0.2) is 30.5 Å². The van der Waals surface area contributed by atoms with Crippen molar-refractivity contribution in [1.82, 2.24) is 4.98 Å². The second-order valence-corrected chi connectivity index (χ2v) is 3.84. The van der Waals surface area contributed by atoms with Crippen molar-refractivity contribution in [3.8, 4) is 11.1 Å². The average molecular weight is 246 g/mol. The number of rotatable bonds is 3. The van der Waals surface area contributed by atoms with Crippen LogP contribution in [0.5, 0.6) is 0 Å². The van der Waals surface area contributed by atoms with E-state index in [2.05, 4.69) is 4.98 Å². The SMILES string of the molecule is COC(=O)c1[nH]ccc1-c1ccc(CO)cc1N. The Bertz CT molecular complexity index is 575. The molecule has 0 saturated carbocycles. The van der Waals surface area contributed by atoms with E-state index in [1.165, 1.54) is 7.11 Å². The minimum atomic E-state index is -0.444. The van der Waals surface area contributed by atoms with E-state index in [0.717, 1.165) is 11.1 Å². The zero-order chi connectivity index (χ0) is 13.1. The molecule has 2 rings (SSSR count). The van der Waals surface area contributed by atoms with E-state index in [1.54, 1.807) is 30.5 Å². The van der Waals surface area contributed by atoms with E-state index in [4.69, 9.17) is 15.6 Å². The molecule has 0 amide bonds. The van der Waals surface area contributed by atoms with E-state index in [1.807, 2.05) is 0 Å². The lowest BCUT2D eigenvalue weighted by atomic mass is 10.0. The number of ether oxygens (including phenoxy) is 1. The first-order valence-electron chi connectivity index (χ1n) is 5.42. The van der Waals surface area contributed by atoms with Crippen molar-refractivity contribution in [1.29, 1.82) is 0 Å². The van der Waals surface area contributed by atoms with Gasteiger partial charge in [0.25, 0.3) is 0 Å². The van der Waals surface area contributed by atoms with E-state index >= 15 is 0 Å². The molecule has 0 bridgehead atoms. The van der Waals surface area contributed by atoms with E-state index in [9.17, 15) is 4.79 Å². The third-order valence-corrected chi connectivity index (χ3v) is 2.73. The number of aliphatic hydroxyl groups excluding tert-OH is 1. The Labute approximate surface area is 104 Å². The fourth-order valence-corrected chi connectivity index (χ4v) is 1.82. The maximum Gasteiger partial charge on any atom is 0.355 e. The predicted molar refractivity (Wildman–Crippen MR) is 67.9 cm³/mol. The summed E-state index contributed by atoms with van der Waals surface area (Å²) in [4.78, 5) is 14.4. The summed E-state index contributed by atoms with van der Waals surface area (Å²) in [6.45, 7) is -0.0680. The molecule has 4 N–H and O–H groups in total. The van der Waals surface area contributed by atoms with Gasteiger partial charge < -0.3 is 20.6 Å². The van der Waals surface area contributed by atoms with Crippen molar-refractivity contribution in [3.63, 3.8) is 0 Å². The Morgan fingerprint density at radius 3 is 2.78 bits per heavy atom. The fourth-order valence-electron chi connectivity index (χ4n) is 1.82. The number of anilines is 1. The predicted octanol–water partition coefficient (Wildman–Crippen LogP) is 1.54. The van der Waals surface area contributed by atoms with Crippen LogP contribution in [0.25, 0.3) is 11.1 Å². The molecule has 0 saturated heterocycles. The van der Waals surface area contributed by atoms with Gasteiger partial charge in [-0.05, 0) is 17.7 Å². The zero-order valence-electron chi connectivity index (χ0n) is 9.93. The topological polar surface area (TPSA) is 88.3 Å². The van der Waals surface area contributed by atoms with Gasteiger partial charge >= 0.3 is 5.97 Å². The summed E-state index contributed by atoms with van der Waals surface area (Å²) >= 11 is 0. The monoisotopic (exact) mass is 246 g/mol. The third-order valence-electron chi connectivity index (χ3n) is 2.73. The molecule has 18 heavy (non-hydrogen) atoms. The molecule has 0 spiro atoms. The van der Waals surface area contributed by atoms with Crippen molar-refractivity contribution in [2.75, 3.05) is 12.8 Å². The fraction of sp³-hybridized carbons (Fsp3) is 0.154. The van der Waals surface area contributed by atoms with E-state index in [0.29, 0.717) is 16.9 Å². The molecule has 0 atom stereocenters. The van der Waals surface area contributed by atoms with Gasteiger partial charge in [-0.15, -0.1) is 0 Å². The largest absolute Gasteiger partial charge is 0.464 e. The molecule has 0 aliphatic rings. The second kappa shape index (κ2) is 4.93. The molecule has 1 aromatic carbocycles. The molecule has 1 heterocycles. The Morgan fingerprint density at radius 1 is 1.39 bits per heavy atom. The number of carbonyl (C=O) groups is 1. The van der Waals surface area contributed by atoms with Crippen LogP contribution in [-0.4, -0.2) is 23.2 Å². The van der Waals surface area contributed by atoms with Gasteiger partial charge in [-0.2, -0.15) is 0 Å². The Hall–Kier alpha value is -2.27. The lowest BCUT2D eigenvalue weighted by Crippen LogP contribution is -2.04. The first-order chi connectivity index (χ1) is 8.67. The zero-order valence-corrected chi connectivity index (χ0v) is 9.93. The van der Waals surface area contributed by atoms with Crippen LogP contribution in [0.2, 0.25) is 0 Å². The summed E-state index contributed by atoms with van der Waals surface area (Å²) in [6, 6.07) is 6.98. The van der Waals surface area contributed by atoms with E-state index in [-0.39, 0.29) is 6.61 Å². The number of methoxy groups -OCH3 is 1. The second-order valence-electron chi connectivity index (χ2n) is 3.84. The van der Waals surface area contributed by atoms with Crippen LogP contribution < -0.4 is 5.73 Å². The van der Waals surface area contributed by atoms with Gasteiger partial charge in [0.2, 0.25) is 0 Å². The van der Waals surface area contributed by atoms with Gasteiger partial charge in [0.05, 0.1) is 13.7 Å². The number of nitrogen functional groups attached to an aromatic ring is 1. The van der Waals surface area contributed by atoms with Crippen LogP contribution in [0.1, 0.15) is 16.1 Å².